The minimum atomic E-state index is -0.0281. The number of hydrogen-bond donors (Lipinski definition) is 1. The van der Waals surface area contributed by atoms with Crippen molar-refractivity contribution in [1.82, 2.24) is 10.2 Å². The van der Waals surface area contributed by atoms with Gasteiger partial charge in [-0.15, -0.1) is 0 Å². The number of unbranched alkanes of at least 4 members (excludes halogenated alkanes) is 2. The first-order chi connectivity index (χ1) is 7.96. The molecule has 0 saturated carbocycles. The van der Waals surface area contributed by atoms with Crippen LogP contribution in [0.4, 0.5) is 0 Å². The number of hydrogen-bond acceptors (Lipinski definition) is 2. The van der Waals surface area contributed by atoms with Gasteiger partial charge in [0.1, 0.15) is 0 Å². The molecular weight excluding hydrogens is 212 g/mol. The first-order valence-corrected chi connectivity index (χ1v) is 6.99. The highest BCUT2D eigenvalue weighted by Crippen LogP contribution is 2.23. The summed E-state index contributed by atoms with van der Waals surface area (Å²) in [6.45, 7) is 11.5. The molecule has 0 bridgehead atoms. The summed E-state index contributed by atoms with van der Waals surface area (Å²) in [7, 11) is 0. The van der Waals surface area contributed by atoms with Gasteiger partial charge in [0.05, 0.1) is 6.04 Å². The number of nitrogens with zero attached hydrogens (tertiary/aromatic N) is 1. The Labute approximate surface area is 106 Å². The van der Waals surface area contributed by atoms with Crippen LogP contribution in [0.2, 0.25) is 0 Å². The van der Waals surface area contributed by atoms with Gasteiger partial charge in [-0.25, -0.2) is 0 Å². The molecule has 3 heteroatoms. The summed E-state index contributed by atoms with van der Waals surface area (Å²) in [5.41, 5.74) is -0.00110. The highest BCUT2D eigenvalue weighted by molar-refractivity contribution is 5.83. The number of amides is 1. The molecule has 17 heavy (non-hydrogen) atoms. The molecule has 1 aliphatic rings. The van der Waals surface area contributed by atoms with Crippen molar-refractivity contribution in [3.05, 3.63) is 0 Å². The minimum absolute atomic E-state index is 0.00110. The summed E-state index contributed by atoms with van der Waals surface area (Å²) in [6, 6.07) is -0.0281. The summed E-state index contributed by atoms with van der Waals surface area (Å²) in [6.07, 6.45) is 4.79. The largest absolute Gasteiger partial charge is 0.341 e. The minimum Gasteiger partial charge on any atom is -0.341 e. The Kier molecular flexibility index (Phi) is 5.44. The summed E-state index contributed by atoms with van der Waals surface area (Å²) >= 11 is 0. The lowest BCUT2D eigenvalue weighted by Crippen LogP contribution is -2.56. The smallest absolute Gasteiger partial charge is 0.240 e. The normalized spacial score (nSPS) is 17.8. The number of likely N-dealkylation sites (tertiary alicyclic amines) is 1. The highest BCUT2D eigenvalue weighted by atomic mass is 16.2. The van der Waals surface area contributed by atoms with E-state index in [1.54, 1.807) is 0 Å². The average molecular weight is 240 g/mol. The van der Waals surface area contributed by atoms with Crippen LogP contribution in [0.3, 0.4) is 0 Å². The van der Waals surface area contributed by atoms with E-state index in [0.29, 0.717) is 5.91 Å². The third-order valence-corrected chi connectivity index (χ3v) is 3.41. The van der Waals surface area contributed by atoms with Crippen molar-refractivity contribution in [3.63, 3.8) is 0 Å². The quantitative estimate of drug-likeness (QED) is 0.723. The van der Waals surface area contributed by atoms with Gasteiger partial charge in [-0.05, 0) is 24.8 Å². The van der Waals surface area contributed by atoms with E-state index in [0.717, 1.165) is 26.1 Å². The predicted octanol–water partition coefficient (Wildman–Crippen LogP) is 2.41. The second-order valence-corrected chi connectivity index (χ2v) is 6.14. The van der Waals surface area contributed by atoms with Crippen LogP contribution in [0.1, 0.15) is 53.4 Å². The van der Waals surface area contributed by atoms with Crippen LogP contribution >= 0.6 is 0 Å². The maximum absolute atomic E-state index is 12.3. The molecule has 0 aliphatic carbocycles. The van der Waals surface area contributed by atoms with Gasteiger partial charge in [0, 0.05) is 13.1 Å². The Morgan fingerprint density at radius 1 is 1.29 bits per heavy atom. The molecule has 0 aromatic carbocycles. The third-order valence-electron chi connectivity index (χ3n) is 3.41. The number of rotatable bonds is 6. The average Bonchev–Trinajstić information content (AvgIpc) is 2.12. The van der Waals surface area contributed by atoms with Crippen molar-refractivity contribution in [2.45, 2.75) is 59.4 Å². The molecule has 1 rings (SSSR count). The molecule has 0 radical (unpaired) electrons. The Bertz CT molecular complexity index is 241. The van der Waals surface area contributed by atoms with Gasteiger partial charge in [0.15, 0.2) is 0 Å². The van der Waals surface area contributed by atoms with Gasteiger partial charge in [-0.3, -0.25) is 4.79 Å². The lowest BCUT2D eigenvalue weighted by Gasteiger charge is -2.39. The van der Waals surface area contributed by atoms with E-state index in [2.05, 4.69) is 33.0 Å². The molecule has 0 spiro atoms. The molecule has 0 aromatic rings. The van der Waals surface area contributed by atoms with Crippen molar-refractivity contribution in [2.24, 2.45) is 5.41 Å². The molecule has 1 saturated heterocycles. The van der Waals surface area contributed by atoms with Crippen LogP contribution < -0.4 is 5.32 Å². The van der Waals surface area contributed by atoms with Crippen molar-refractivity contribution in [3.8, 4) is 0 Å². The van der Waals surface area contributed by atoms with Crippen LogP contribution in [-0.4, -0.2) is 36.5 Å². The van der Waals surface area contributed by atoms with Gasteiger partial charge in [-0.2, -0.15) is 0 Å². The molecular formula is C14H28N2O. The summed E-state index contributed by atoms with van der Waals surface area (Å²) < 4.78 is 0. The zero-order valence-corrected chi connectivity index (χ0v) is 11.9. The van der Waals surface area contributed by atoms with Crippen molar-refractivity contribution in [2.75, 3.05) is 19.6 Å². The molecule has 1 amide bonds. The monoisotopic (exact) mass is 240 g/mol. The first-order valence-electron chi connectivity index (χ1n) is 6.99. The highest BCUT2D eigenvalue weighted by Gasteiger charge is 2.35. The van der Waals surface area contributed by atoms with E-state index in [-0.39, 0.29) is 11.5 Å². The van der Waals surface area contributed by atoms with E-state index in [1.807, 2.05) is 4.90 Å². The van der Waals surface area contributed by atoms with Gasteiger partial charge in [0.2, 0.25) is 5.91 Å². The standard InChI is InChI=1S/C14H28N2O/c1-5-6-7-9-15-12(14(2,3)4)13(17)16-10-8-11-16/h12,15H,5-11H2,1-4H3. The fourth-order valence-electron chi connectivity index (χ4n) is 2.10. The molecule has 1 aliphatic heterocycles. The second-order valence-electron chi connectivity index (χ2n) is 6.14. The Morgan fingerprint density at radius 3 is 2.35 bits per heavy atom. The van der Waals surface area contributed by atoms with E-state index in [4.69, 9.17) is 0 Å². The topological polar surface area (TPSA) is 32.3 Å². The van der Waals surface area contributed by atoms with Crippen molar-refractivity contribution >= 4 is 5.91 Å². The molecule has 1 unspecified atom stereocenters. The van der Waals surface area contributed by atoms with Crippen LogP contribution in [-0.2, 0) is 4.79 Å². The van der Waals surface area contributed by atoms with Crippen LogP contribution in [0, 0.1) is 5.41 Å². The summed E-state index contributed by atoms with van der Waals surface area (Å²) in [5.74, 6) is 0.292. The second kappa shape index (κ2) is 6.39. The predicted molar refractivity (Wildman–Crippen MR) is 72.0 cm³/mol. The fraction of sp³-hybridized carbons (Fsp3) is 0.929. The molecule has 1 atom stereocenters. The molecule has 3 nitrogen and oxygen atoms in total. The Balaban J connectivity index is 2.45. The van der Waals surface area contributed by atoms with Crippen LogP contribution in [0.25, 0.3) is 0 Å². The number of nitrogens with one attached hydrogen (secondary N) is 1. The van der Waals surface area contributed by atoms with Crippen molar-refractivity contribution < 1.29 is 4.79 Å². The molecule has 1 heterocycles. The van der Waals surface area contributed by atoms with E-state index in [9.17, 15) is 4.79 Å². The fourth-order valence-corrected chi connectivity index (χ4v) is 2.10. The molecule has 100 valence electrons. The van der Waals surface area contributed by atoms with Gasteiger partial charge in [-0.1, -0.05) is 40.5 Å². The molecule has 1 fully saturated rings. The van der Waals surface area contributed by atoms with E-state index < -0.39 is 0 Å². The van der Waals surface area contributed by atoms with Crippen LogP contribution in [0.5, 0.6) is 0 Å². The molecule has 0 aromatic heterocycles. The van der Waals surface area contributed by atoms with E-state index >= 15 is 0 Å². The summed E-state index contributed by atoms with van der Waals surface area (Å²) in [4.78, 5) is 14.3. The zero-order chi connectivity index (χ0) is 12.9. The number of carbonyl (C=O) groups excluding carboxylic acids is 1. The maximum atomic E-state index is 12.3. The first kappa shape index (κ1) is 14.5. The van der Waals surface area contributed by atoms with Gasteiger partial charge < -0.3 is 10.2 Å². The SMILES string of the molecule is CCCCCNC(C(=O)N1CCC1)C(C)(C)C. The van der Waals surface area contributed by atoms with E-state index in [1.165, 1.54) is 19.3 Å². The lowest BCUT2D eigenvalue weighted by atomic mass is 9.85. The van der Waals surface area contributed by atoms with Gasteiger partial charge >= 0.3 is 0 Å². The Hall–Kier alpha value is -0.570. The number of carbonyl (C=O) groups is 1. The third kappa shape index (κ3) is 4.30. The maximum Gasteiger partial charge on any atom is 0.240 e. The summed E-state index contributed by atoms with van der Waals surface area (Å²) in [5, 5.41) is 3.45. The lowest BCUT2D eigenvalue weighted by molar-refractivity contribution is -0.139. The van der Waals surface area contributed by atoms with Crippen molar-refractivity contribution in [1.29, 1.82) is 0 Å². The van der Waals surface area contributed by atoms with Crippen LogP contribution in [0.15, 0.2) is 0 Å². The zero-order valence-electron chi connectivity index (χ0n) is 11.9. The Morgan fingerprint density at radius 2 is 1.94 bits per heavy atom. The van der Waals surface area contributed by atoms with Gasteiger partial charge in [0.25, 0.3) is 0 Å². The molecule has 1 N–H and O–H groups in total.